The summed E-state index contributed by atoms with van der Waals surface area (Å²) in [6.45, 7) is 2.91. The number of methoxy groups -OCH3 is 1. The van der Waals surface area contributed by atoms with Crippen LogP contribution in [0.25, 0.3) is 0 Å². The lowest BCUT2D eigenvalue weighted by molar-refractivity contribution is 0.0743. The lowest BCUT2D eigenvalue weighted by Gasteiger charge is -2.22. The largest absolute Gasteiger partial charge is 0.495 e. The molecule has 1 aliphatic rings. The van der Waals surface area contributed by atoms with Crippen LogP contribution in [0.4, 0.5) is 5.69 Å². The fourth-order valence-electron chi connectivity index (χ4n) is 2.09. The van der Waals surface area contributed by atoms with Crippen LogP contribution in [0.3, 0.4) is 0 Å². The van der Waals surface area contributed by atoms with Crippen molar-refractivity contribution in [2.24, 2.45) is 0 Å². The van der Waals surface area contributed by atoms with Gasteiger partial charge in [0.25, 0.3) is 5.91 Å². The second-order valence-electron chi connectivity index (χ2n) is 4.69. The quantitative estimate of drug-likeness (QED) is 0.813. The van der Waals surface area contributed by atoms with Gasteiger partial charge in [-0.3, -0.25) is 4.79 Å². The van der Waals surface area contributed by atoms with Crippen molar-refractivity contribution in [3.05, 3.63) is 23.8 Å². The molecule has 1 aromatic carbocycles. The number of carbonyl (C=O) groups is 1. The average molecular weight is 248 g/mol. The lowest BCUT2D eigenvalue weighted by atomic mass is 10.1. The van der Waals surface area contributed by atoms with E-state index in [1.807, 2.05) is 4.90 Å². The van der Waals surface area contributed by atoms with E-state index in [0.29, 0.717) is 23.0 Å². The van der Waals surface area contributed by atoms with E-state index >= 15 is 0 Å². The summed E-state index contributed by atoms with van der Waals surface area (Å²) in [6, 6.07) is 5.65. The number of nitrogens with zero attached hydrogens (tertiary/aromatic N) is 1. The van der Waals surface area contributed by atoms with Crippen LogP contribution in [0.2, 0.25) is 0 Å². The Hall–Kier alpha value is -1.71. The molecule has 4 heteroatoms. The molecule has 1 aromatic rings. The first-order chi connectivity index (χ1) is 8.67. The second kappa shape index (κ2) is 5.29. The zero-order chi connectivity index (χ0) is 13.1. The Morgan fingerprint density at radius 1 is 1.50 bits per heavy atom. The molecule has 1 amide bonds. The minimum Gasteiger partial charge on any atom is -0.495 e. The number of ether oxygens (including phenoxy) is 1. The van der Waals surface area contributed by atoms with E-state index in [1.54, 1.807) is 25.3 Å². The Labute approximate surface area is 108 Å². The highest BCUT2D eigenvalue weighted by Gasteiger charge is 2.32. The Bertz CT molecular complexity index is 441. The van der Waals surface area contributed by atoms with Crippen LogP contribution in [0.5, 0.6) is 5.75 Å². The molecule has 1 saturated carbocycles. The first kappa shape index (κ1) is 12.7. The molecular weight excluding hydrogens is 228 g/mol. The van der Waals surface area contributed by atoms with Crippen LogP contribution in [0.15, 0.2) is 18.2 Å². The fraction of sp³-hybridized carbons (Fsp3) is 0.500. The van der Waals surface area contributed by atoms with Gasteiger partial charge in [0.05, 0.1) is 12.8 Å². The molecule has 0 heterocycles. The molecule has 0 spiro atoms. The summed E-state index contributed by atoms with van der Waals surface area (Å²) in [5, 5.41) is 0. The molecule has 0 atom stereocenters. The molecule has 0 bridgehead atoms. The highest BCUT2D eigenvalue weighted by atomic mass is 16.5. The van der Waals surface area contributed by atoms with Gasteiger partial charge in [-0.25, -0.2) is 0 Å². The van der Waals surface area contributed by atoms with E-state index in [2.05, 4.69) is 6.92 Å². The summed E-state index contributed by atoms with van der Waals surface area (Å²) < 4.78 is 5.16. The van der Waals surface area contributed by atoms with Gasteiger partial charge in [-0.15, -0.1) is 0 Å². The molecule has 18 heavy (non-hydrogen) atoms. The molecule has 2 N–H and O–H groups in total. The topological polar surface area (TPSA) is 55.6 Å². The van der Waals surface area contributed by atoms with Gasteiger partial charge in [0.1, 0.15) is 5.75 Å². The molecule has 4 nitrogen and oxygen atoms in total. The number of anilines is 1. The highest BCUT2D eigenvalue weighted by Crippen LogP contribution is 2.30. The van der Waals surface area contributed by atoms with Gasteiger partial charge in [-0.2, -0.15) is 0 Å². The molecule has 0 saturated heterocycles. The number of nitrogens with two attached hydrogens (primary N) is 1. The minimum atomic E-state index is 0.0812. The van der Waals surface area contributed by atoms with Crippen molar-refractivity contribution in [1.29, 1.82) is 0 Å². The second-order valence-corrected chi connectivity index (χ2v) is 4.69. The van der Waals surface area contributed by atoms with Crippen molar-refractivity contribution in [3.8, 4) is 5.75 Å². The maximum Gasteiger partial charge on any atom is 0.254 e. The van der Waals surface area contributed by atoms with Gasteiger partial charge in [-0.1, -0.05) is 6.92 Å². The maximum absolute atomic E-state index is 12.4. The van der Waals surface area contributed by atoms with Gasteiger partial charge in [0.15, 0.2) is 0 Å². The number of nitrogen functional groups attached to an aromatic ring is 1. The maximum atomic E-state index is 12.4. The third-order valence-electron chi connectivity index (χ3n) is 3.19. The minimum absolute atomic E-state index is 0.0812. The number of hydrogen-bond acceptors (Lipinski definition) is 3. The summed E-state index contributed by atoms with van der Waals surface area (Å²) in [6.07, 6.45) is 3.23. The van der Waals surface area contributed by atoms with Crippen molar-refractivity contribution >= 4 is 11.6 Å². The van der Waals surface area contributed by atoms with Crippen LogP contribution in [-0.4, -0.2) is 30.5 Å². The summed E-state index contributed by atoms with van der Waals surface area (Å²) in [4.78, 5) is 14.4. The smallest absolute Gasteiger partial charge is 0.254 e. The number of benzene rings is 1. The predicted octanol–water partition coefficient (Wildman–Crippen LogP) is 2.29. The Kier molecular flexibility index (Phi) is 3.75. The predicted molar refractivity (Wildman–Crippen MR) is 71.8 cm³/mol. The summed E-state index contributed by atoms with van der Waals surface area (Å²) >= 11 is 0. The van der Waals surface area contributed by atoms with Crippen molar-refractivity contribution in [2.75, 3.05) is 19.4 Å². The zero-order valence-electron chi connectivity index (χ0n) is 11.0. The van der Waals surface area contributed by atoms with Crippen molar-refractivity contribution < 1.29 is 9.53 Å². The molecule has 98 valence electrons. The van der Waals surface area contributed by atoms with Crippen LogP contribution in [-0.2, 0) is 0 Å². The van der Waals surface area contributed by atoms with Gasteiger partial charge in [0.2, 0.25) is 0 Å². The molecule has 0 radical (unpaired) electrons. The van der Waals surface area contributed by atoms with Crippen molar-refractivity contribution in [1.82, 2.24) is 4.90 Å². The lowest BCUT2D eigenvalue weighted by Crippen LogP contribution is -2.33. The molecule has 0 aromatic heterocycles. The van der Waals surface area contributed by atoms with Gasteiger partial charge < -0.3 is 15.4 Å². The Balaban J connectivity index is 2.21. The van der Waals surface area contributed by atoms with Gasteiger partial charge >= 0.3 is 0 Å². The molecule has 1 fully saturated rings. The number of carbonyl (C=O) groups excluding carboxylic acids is 1. The summed E-state index contributed by atoms with van der Waals surface area (Å²) in [7, 11) is 1.56. The molecule has 2 rings (SSSR count). The molecule has 0 unspecified atom stereocenters. The van der Waals surface area contributed by atoms with E-state index in [1.165, 1.54) is 0 Å². The molecule has 1 aliphatic carbocycles. The Morgan fingerprint density at radius 2 is 2.22 bits per heavy atom. The number of amides is 1. The van der Waals surface area contributed by atoms with Crippen LogP contribution in [0, 0.1) is 0 Å². The monoisotopic (exact) mass is 248 g/mol. The van der Waals surface area contributed by atoms with Crippen molar-refractivity contribution in [2.45, 2.75) is 32.2 Å². The standard InChI is InChI=1S/C14H20N2O2/c1-3-8-16(11-5-6-11)14(17)10-4-7-12(15)13(9-10)18-2/h4,7,9,11H,3,5-6,8,15H2,1-2H3. The molecule has 0 aliphatic heterocycles. The highest BCUT2D eigenvalue weighted by molar-refractivity contribution is 5.95. The third-order valence-corrected chi connectivity index (χ3v) is 3.19. The van der Waals surface area contributed by atoms with Crippen LogP contribution >= 0.6 is 0 Å². The zero-order valence-corrected chi connectivity index (χ0v) is 11.0. The van der Waals surface area contributed by atoms with E-state index in [4.69, 9.17) is 10.5 Å². The number of rotatable bonds is 5. The van der Waals surface area contributed by atoms with Gasteiger partial charge in [0, 0.05) is 18.2 Å². The van der Waals surface area contributed by atoms with Crippen LogP contribution < -0.4 is 10.5 Å². The SMILES string of the molecule is CCCN(C(=O)c1ccc(N)c(OC)c1)C1CC1. The normalized spacial score (nSPS) is 14.3. The molecular formula is C14H20N2O2. The average Bonchev–Trinajstić information content (AvgIpc) is 3.20. The first-order valence-electron chi connectivity index (χ1n) is 6.41. The van der Waals surface area contributed by atoms with E-state index in [0.717, 1.165) is 25.8 Å². The Morgan fingerprint density at radius 3 is 2.78 bits per heavy atom. The summed E-state index contributed by atoms with van der Waals surface area (Å²) in [5.74, 6) is 0.644. The van der Waals surface area contributed by atoms with E-state index < -0.39 is 0 Å². The summed E-state index contributed by atoms with van der Waals surface area (Å²) in [5.41, 5.74) is 6.97. The fourth-order valence-corrected chi connectivity index (χ4v) is 2.09. The first-order valence-corrected chi connectivity index (χ1v) is 6.41. The van der Waals surface area contributed by atoms with Crippen LogP contribution in [0.1, 0.15) is 36.5 Å². The van der Waals surface area contributed by atoms with E-state index in [-0.39, 0.29) is 5.91 Å². The third kappa shape index (κ3) is 2.58. The van der Waals surface area contributed by atoms with Gasteiger partial charge in [-0.05, 0) is 37.5 Å². The number of hydrogen-bond donors (Lipinski definition) is 1. The van der Waals surface area contributed by atoms with E-state index in [9.17, 15) is 4.79 Å². The van der Waals surface area contributed by atoms with Crippen molar-refractivity contribution in [3.63, 3.8) is 0 Å².